The maximum atomic E-state index is 5.81. The molecule has 0 unspecified atom stereocenters. The van der Waals surface area contributed by atoms with Gasteiger partial charge in [-0.2, -0.15) is 0 Å². The molecule has 1 aliphatic rings. The fraction of sp³-hybridized carbons (Fsp3) is 0.412. The lowest BCUT2D eigenvalue weighted by Crippen LogP contribution is -2.48. The molecule has 24 heavy (non-hydrogen) atoms. The number of aromatic nitrogens is 1. The van der Waals surface area contributed by atoms with E-state index in [2.05, 4.69) is 43.0 Å². The Kier molecular flexibility index (Phi) is 5.93. The van der Waals surface area contributed by atoms with Crippen LogP contribution in [0, 0.1) is 0 Å². The average Bonchev–Trinajstić information content (AvgIpc) is 3.15. The van der Waals surface area contributed by atoms with E-state index < -0.39 is 0 Å². The van der Waals surface area contributed by atoms with Crippen molar-refractivity contribution in [1.82, 2.24) is 15.6 Å². The molecule has 0 atom stereocenters. The molecule has 128 valence electrons. The van der Waals surface area contributed by atoms with Crippen molar-refractivity contribution in [3.05, 3.63) is 46.6 Å². The van der Waals surface area contributed by atoms with E-state index in [1.165, 1.54) is 5.00 Å². The number of halogens is 1. The van der Waals surface area contributed by atoms with E-state index in [9.17, 15) is 0 Å². The van der Waals surface area contributed by atoms with Crippen molar-refractivity contribution in [3.8, 4) is 0 Å². The molecule has 3 heterocycles. The topological polar surface area (TPSA) is 52.6 Å². The molecule has 2 aromatic heterocycles. The summed E-state index contributed by atoms with van der Waals surface area (Å²) in [6.07, 6.45) is 4.00. The zero-order chi connectivity index (χ0) is 16.8. The Morgan fingerprint density at radius 3 is 2.83 bits per heavy atom. The molecular weight excluding hydrogens is 342 g/mol. The van der Waals surface area contributed by atoms with Gasteiger partial charge < -0.3 is 15.5 Å². The molecule has 0 bridgehead atoms. The lowest BCUT2D eigenvalue weighted by Gasteiger charge is -2.33. The predicted molar refractivity (Wildman–Crippen MR) is 102 cm³/mol. The zero-order valence-corrected chi connectivity index (χ0v) is 15.3. The van der Waals surface area contributed by atoms with Gasteiger partial charge >= 0.3 is 0 Å². The summed E-state index contributed by atoms with van der Waals surface area (Å²) < 4.78 is 0. The highest BCUT2D eigenvalue weighted by Crippen LogP contribution is 2.24. The Morgan fingerprint density at radius 1 is 1.38 bits per heavy atom. The molecule has 2 aromatic rings. The first kappa shape index (κ1) is 17.0. The summed E-state index contributed by atoms with van der Waals surface area (Å²) in [4.78, 5) is 10.9. The number of hydrogen-bond donors (Lipinski definition) is 2. The molecule has 2 N–H and O–H groups in total. The van der Waals surface area contributed by atoms with Crippen LogP contribution in [-0.4, -0.2) is 37.1 Å². The normalized spacial score (nSPS) is 16.2. The summed E-state index contributed by atoms with van der Waals surface area (Å²) in [7, 11) is 1.80. The number of anilines is 1. The molecule has 1 fully saturated rings. The second-order valence-corrected chi connectivity index (χ2v) is 7.09. The van der Waals surface area contributed by atoms with Gasteiger partial charge in [0.2, 0.25) is 0 Å². The van der Waals surface area contributed by atoms with E-state index in [1.54, 1.807) is 19.3 Å². The minimum Gasteiger partial charge on any atom is -0.363 e. The summed E-state index contributed by atoms with van der Waals surface area (Å²) in [6, 6.07) is 8.53. The quantitative estimate of drug-likeness (QED) is 0.498. The smallest absolute Gasteiger partial charge is 0.191 e. The summed E-state index contributed by atoms with van der Waals surface area (Å²) in [5.41, 5.74) is 1.08. The van der Waals surface area contributed by atoms with Gasteiger partial charge in [0.15, 0.2) is 5.96 Å². The van der Waals surface area contributed by atoms with Crippen LogP contribution in [0.2, 0.25) is 5.15 Å². The standard InChI is InChI=1S/C17H22ClN5S/c1-19-17(21-12-13-4-5-15(18)20-11-13)22-14-6-8-23(9-7-14)16-3-2-10-24-16/h2-5,10-11,14H,6-9,12H2,1H3,(H2,19,21,22). The van der Waals surface area contributed by atoms with Crippen LogP contribution in [0.5, 0.6) is 0 Å². The van der Waals surface area contributed by atoms with Crippen LogP contribution in [0.4, 0.5) is 5.00 Å². The van der Waals surface area contributed by atoms with Crippen molar-refractivity contribution in [1.29, 1.82) is 0 Å². The third-order valence-electron chi connectivity index (χ3n) is 4.13. The van der Waals surface area contributed by atoms with Gasteiger partial charge in [-0.3, -0.25) is 4.99 Å². The van der Waals surface area contributed by atoms with E-state index in [1.807, 2.05) is 17.4 Å². The third-order valence-corrected chi connectivity index (χ3v) is 5.28. The lowest BCUT2D eigenvalue weighted by atomic mass is 10.1. The Morgan fingerprint density at radius 2 is 2.21 bits per heavy atom. The summed E-state index contributed by atoms with van der Waals surface area (Å²) >= 11 is 7.62. The van der Waals surface area contributed by atoms with Crippen LogP contribution in [-0.2, 0) is 6.54 Å². The number of rotatable bonds is 4. The van der Waals surface area contributed by atoms with Crippen LogP contribution in [0.25, 0.3) is 0 Å². The highest BCUT2D eigenvalue weighted by atomic mass is 35.5. The van der Waals surface area contributed by atoms with E-state index in [0.717, 1.165) is 37.5 Å². The average molecular weight is 364 g/mol. The summed E-state index contributed by atoms with van der Waals surface area (Å²) in [6.45, 7) is 2.84. The first-order chi connectivity index (χ1) is 11.7. The zero-order valence-electron chi connectivity index (χ0n) is 13.7. The van der Waals surface area contributed by atoms with Crippen molar-refractivity contribution < 1.29 is 0 Å². The second kappa shape index (κ2) is 8.35. The van der Waals surface area contributed by atoms with Gasteiger partial charge in [0.05, 0.1) is 5.00 Å². The summed E-state index contributed by atoms with van der Waals surface area (Å²) in [5, 5.41) is 10.9. The van der Waals surface area contributed by atoms with Crippen LogP contribution in [0.15, 0.2) is 40.8 Å². The van der Waals surface area contributed by atoms with Crippen LogP contribution >= 0.6 is 22.9 Å². The second-order valence-electron chi connectivity index (χ2n) is 5.77. The Labute approximate surface area is 151 Å². The van der Waals surface area contributed by atoms with Gasteiger partial charge in [0, 0.05) is 38.9 Å². The predicted octanol–water partition coefficient (Wildman–Crippen LogP) is 3.13. The van der Waals surface area contributed by atoms with E-state index >= 15 is 0 Å². The highest BCUT2D eigenvalue weighted by Gasteiger charge is 2.20. The lowest BCUT2D eigenvalue weighted by molar-refractivity contribution is 0.463. The van der Waals surface area contributed by atoms with E-state index in [0.29, 0.717) is 17.7 Å². The largest absolute Gasteiger partial charge is 0.363 e. The fourth-order valence-corrected chi connectivity index (χ4v) is 3.68. The molecule has 0 amide bonds. The number of thiophene rings is 1. The molecule has 0 aromatic carbocycles. The van der Waals surface area contributed by atoms with Crippen LogP contribution < -0.4 is 15.5 Å². The molecule has 0 aliphatic carbocycles. The molecule has 5 nitrogen and oxygen atoms in total. The molecule has 0 radical (unpaired) electrons. The third kappa shape index (κ3) is 4.61. The highest BCUT2D eigenvalue weighted by molar-refractivity contribution is 7.14. The van der Waals surface area contributed by atoms with Crippen molar-refractivity contribution in [2.75, 3.05) is 25.0 Å². The SMILES string of the molecule is CN=C(NCc1ccc(Cl)nc1)NC1CCN(c2cccs2)CC1. The first-order valence-corrected chi connectivity index (χ1v) is 9.36. The Hall–Kier alpha value is -1.79. The molecule has 0 spiro atoms. The maximum absolute atomic E-state index is 5.81. The molecule has 7 heteroatoms. The van der Waals surface area contributed by atoms with Crippen molar-refractivity contribution >= 4 is 33.9 Å². The Bertz CT molecular complexity index is 648. The van der Waals surface area contributed by atoms with Crippen molar-refractivity contribution in [3.63, 3.8) is 0 Å². The van der Waals surface area contributed by atoms with Crippen LogP contribution in [0.3, 0.4) is 0 Å². The van der Waals surface area contributed by atoms with Gasteiger partial charge in [-0.1, -0.05) is 17.7 Å². The molecular formula is C17H22ClN5S. The number of nitrogens with zero attached hydrogens (tertiary/aromatic N) is 3. The van der Waals surface area contributed by atoms with Crippen LogP contribution in [0.1, 0.15) is 18.4 Å². The number of aliphatic imine (C=N–C) groups is 1. The Balaban J connectivity index is 1.45. The number of hydrogen-bond acceptors (Lipinski definition) is 4. The van der Waals surface area contributed by atoms with Crippen molar-refractivity contribution in [2.24, 2.45) is 4.99 Å². The minimum atomic E-state index is 0.454. The van der Waals surface area contributed by atoms with E-state index in [-0.39, 0.29) is 0 Å². The number of nitrogens with one attached hydrogen (secondary N) is 2. The number of piperidine rings is 1. The van der Waals surface area contributed by atoms with Gasteiger partial charge in [-0.05, 0) is 42.0 Å². The van der Waals surface area contributed by atoms with E-state index in [4.69, 9.17) is 11.6 Å². The molecule has 0 saturated carbocycles. The van der Waals surface area contributed by atoms with Gasteiger partial charge in [-0.15, -0.1) is 11.3 Å². The van der Waals surface area contributed by atoms with Gasteiger partial charge in [0.25, 0.3) is 0 Å². The fourth-order valence-electron chi connectivity index (χ4n) is 2.78. The number of guanidine groups is 1. The monoisotopic (exact) mass is 363 g/mol. The first-order valence-electron chi connectivity index (χ1n) is 8.10. The minimum absolute atomic E-state index is 0.454. The molecule has 1 saturated heterocycles. The van der Waals surface area contributed by atoms with Gasteiger partial charge in [-0.25, -0.2) is 4.98 Å². The maximum Gasteiger partial charge on any atom is 0.191 e. The molecule has 1 aliphatic heterocycles. The van der Waals surface area contributed by atoms with Crippen molar-refractivity contribution in [2.45, 2.75) is 25.4 Å². The number of pyridine rings is 1. The molecule has 3 rings (SSSR count). The van der Waals surface area contributed by atoms with Gasteiger partial charge in [0.1, 0.15) is 5.15 Å². The summed E-state index contributed by atoms with van der Waals surface area (Å²) in [5.74, 6) is 0.833.